The minimum absolute atomic E-state index is 0.181. The fourth-order valence-corrected chi connectivity index (χ4v) is 3.37. The van der Waals surface area contributed by atoms with Crippen LogP contribution in [0.1, 0.15) is 36.2 Å². The van der Waals surface area contributed by atoms with Gasteiger partial charge in [0.25, 0.3) is 5.91 Å². The van der Waals surface area contributed by atoms with Gasteiger partial charge in [-0.15, -0.1) is 0 Å². The Labute approximate surface area is 129 Å². The molecule has 6 heteroatoms. The van der Waals surface area contributed by atoms with Crippen LogP contribution in [0.4, 0.5) is 5.82 Å². The topological polar surface area (TPSA) is 54.0 Å². The molecule has 0 atom stereocenters. The Kier molecular flexibility index (Phi) is 5.54. The summed E-state index contributed by atoms with van der Waals surface area (Å²) in [5, 5.41) is 7.09. The summed E-state index contributed by atoms with van der Waals surface area (Å²) in [6.07, 6.45) is 6.52. The summed E-state index contributed by atoms with van der Waals surface area (Å²) in [7, 11) is 1.77. The van der Waals surface area contributed by atoms with Crippen molar-refractivity contribution in [3.63, 3.8) is 0 Å². The quantitative estimate of drug-likeness (QED) is 0.896. The zero-order chi connectivity index (χ0) is 14.5. The average molecular weight is 314 g/mol. The highest BCUT2D eigenvalue weighted by Gasteiger charge is 2.23. The number of thioether (sulfide) groups is 1. The fourth-order valence-electron chi connectivity index (χ4n) is 2.44. The molecule has 0 radical (unpaired) electrons. The predicted molar refractivity (Wildman–Crippen MR) is 85.8 cm³/mol. The number of amides is 1. The van der Waals surface area contributed by atoms with Crippen molar-refractivity contribution in [3.8, 4) is 0 Å². The number of pyridine rings is 1. The lowest BCUT2D eigenvalue weighted by molar-refractivity contribution is 0.0923. The molecule has 1 aliphatic carbocycles. The summed E-state index contributed by atoms with van der Waals surface area (Å²) in [5.41, 5.74) is 0.297. The summed E-state index contributed by atoms with van der Waals surface area (Å²) < 4.78 is 0. The zero-order valence-corrected chi connectivity index (χ0v) is 13.4. The molecule has 4 nitrogen and oxygen atoms in total. The van der Waals surface area contributed by atoms with Crippen molar-refractivity contribution < 1.29 is 4.79 Å². The highest BCUT2D eigenvalue weighted by atomic mass is 35.5. The van der Waals surface area contributed by atoms with E-state index in [0.29, 0.717) is 16.5 Å². The van der Waals surface area contributed by atoms with Gasteiger partial charge in [0, 0.05) is 18.3 Å². The number of halogens is 1. The van der Waals surface area contributed by atoms with Crippen LogP contribution in [-0.2, 0) is 0 Å². The number of carbonyl (C=O) groups is 1. The van der Waals surface area contributed by atoms with E-state index in [1.807, 2.05) is 11.8 Å². The maximum absolute atomic E-state index is 12.3. The minimum Gasteiger partial charge on any atom is -0.373 e. The summed E-state index contributed by atoms with van der Waals surface area (Å²) in [4.78, 5) is 16.5. The summed E-state index contributed by atoms with van der Waals surface area (Å²) >= 11 is 7.97. The Morgan fingerprint density at radius 2 is 2.05 bits per heavy atom. The van der Waals surface area contributed by atoms with Crippen molar-refractivity contribution in [1.82, 2.24) is 10.3 Å². The van der Waals surface area contributed by atoms with Crippen LogP contribution in [0.15, 0.2) is 12.1 Å². The molecule has 2 rings (SSSR count). The number of nitrogens with zero attached hydrogens (tertiary/aromatic N) is 1. The van der Waals surface area contributed by atoms with Crippen LogP contribution < -0.4 is 10.6 Å². The third kappa shape index (κ3) is 3.79. The van der Waals surface area contributed by atoms with Gasteiger partial charge in [-0.3, -0.25) is 4.79 Å². The molecule has 1 aromatic rings. The van der Waals surface area contributed by atoms with Crippen LogP contribution in [0, 0.1) is 0 Å². The second kappa shape index (κ2) is 7.18. The molecule has 110 valence electrons. The van der Waals surface area contributed by atoms with Gasteiger partial charge in [-0.25, -0.2) is 4.98 Å². The summed E-state index contributed by atoms with van der Waals surface area (Å²) in [6, 6.07) is 3.69. The number of nitrogens with one attached hydrogen (secondary N) is 2. The van der Waals surface area contributed by atoms with Gasteiger partial charge in [-0.2, -0.15) is 11.8 Å². The van der Waals surface area contributed by atoms with Crippen molar-refractivity contribution >= 4 is 35.1 Å². The molecule has 0 unspecified atom stereocenters. The van der Waals surface area contributed by atoms with E-state index < -0.39 is 0 Å². The zero-order valence-electron chi connectivity index (χ0n) is 11.8. The van der Waals surface area contributed by atoms with Crippen molar-refractivity contribution in [2.45, 2.75) is 37.0 Å². The molecule has 20 heavy (non-hydrogen) atoms. The molecular weight excluding hydrogens is 294 g/mol. The van der Waals surface area contributed by atoms with Crippen molar-refractivity contribution in [1.29, 1.82) is 0 Å². The molecule has 0 bridgehead atoms. The van der Waals surface area contributed by atoms with Gasteiger partial charge >= 0.3 is 0 Å². The van der Waals surface area contributed by atoms with E-state index in [-0.39, 0.29) is 11.9 Å². The van der Waals surface area contributed by atoms with Crippen molar-refractivity contribution in [2.24, 2.45) is 0 Å². The molecule has 1 saturated carbocycles. The Bertz CT molecular complexity index is 475. The first kappa shape index (κ1) is 15.4. The molecule has 1 aliphatic rings. The smallest absolute Gasteiger partial charge is 0.271 e. The van der Waals surface area contributed by atoms with E-state index in [4.69, 9.17) is 11.6 Å². The summed E-state index contributed by atoms with van der Waals surface area (Å²) in [5.74, 6) is 0.463. The number of hydrogen-bond donors (Lipinski definition) is 2. The van der Waals surface area contributed by atoms with Crippen molar-refractivity contribution in [2.75, 3.05) is 18.6 Å². The lowest BCUT2D eigenvalue weighted by atomic mass is 9.95. The van der Waals surface area contributed by atoms with Crippen molar-refractivity contribution in [3.05, 3.63) is 22.8 Å². The molecule has 0 spiro atoms. The van der Waals surface area contributed by atoms with Crippen LogP contribution in [0.3, 0.4) is 0 Å². The third-order valence-electron chi connectivity index (χ3n) is 3.66. The normalized spacial score (nSPS) is 22.4. The van der Waals surface area contributed by atoms with Crippen LogP contribution in [0.2, 0.25) is 5.02 Å². The first-order valence-corrected chi connectivity index (χ1v) is 8.48. The number of hydrogen-bond acceptors (Lipinski definition) is 4. The molecule has 0 aromatic carbocycles. The third-order valence-corrected chi connectivity index (χ3v) is 5.10. The fraction of sp³-hybridized carbons (Fsp3) is 0.571. The van der Waals surface area contributed by atoms with Gasteiger partial charge in [-0.05, 0) is 44.1 Å². The van der Waals surface area contributed by atoms with Gasteiger partial charge in [0.15, 0.2) is 0 Å². The van der Waals surface area contributed by atoms with E-state index in [2.05, 4.69) is 21.9 Å². The maximum Gasteiger partial charge on any atom is 0.271 e. The molecule has 1 aromatic heterocycles. The molecular formula is C14H20ClN3OS. The standard InChI is InChI=1S/C14H20ClN3OS/c1-16-12-8-7-11(15)13(18-12)14(19)17-9-3-5-10(20-2)6-4-9/h7-10H,3-6H2,1-2H3,(H,16,18)(H,17,19). The highest BCUT2D eigenvalue weighted by molar-refractivity contribution is 7.99. The van der Waals surface area contributed by atoms with E-state index >= 15 is 0 Å². The molecule has 0 saturated heterocycles. The summed E-state index contributed by atoms with van der Waals surface area (Å²) in [6.45, 7) is 0. The average Bonchev–Trinajstić information content (AvgIpc) is 2.48. The molecule has 1 heterocycles. The first-order chi connectivity index (χ1) is 9.63. The Morgan fingerprint density at radius 1 is 1.35 bits per heavy atom. The van der Waals surface area contributed by atoms with Crippen LogP contribution in [-0.4, -0.2) is 35.5 Å². The largest absolute Gasteiger partial charge is 0.373 e. The number of rotatable bonds is 4. The molecule has 1 amide bonds. The second-order valence-corrected chi connectivity index (χ2v) is 6.50. The van der Waals surface area contributed by atoms with E-state index in [0.717, 1.165) is 30.9 Å². The Morgan fingerprint density at radius 3 is 2.65 bits per heavy atom. The molecule has 1 fully saturated rings. The van der Waals surface area contributed by atoms with Gasteiger partial charge in [-0.1, -0.05) is 11.6 Å². The monoisotopic (exact) mass is 313 g/mol. The molecule has 0 aliphatic heterocycles. The van der Waals surface area contributed by atoms with Gasteiger partial charge in [0.1, 0.15) is 11.5 Å². The van der Waals surface area contributed by atoms with E-state index in [1.165, 1.54) is 0 Å². The Hall–Kier alpha value is -0.940. The van der Waals surface area contributed by atoms with Gasteiger partial charge in [0.2, 0.25) is 0 Å². The van der Waals surface area contributed by atoms with E-state index in [9.17, 15) is 4.79 Å². The number of aromatic nitrogens is 1. The van der Waals surface area contributed by atoms with Gasteiger partial charge in [0.05, 0.1) is 5.02 Å². The van der Waals surface area contributed by atoms with E-state index in [1.54, 1.807) is 19.2 Å². The lowest BCUT2D eigenvalue weighted by Gasteiger charge is -2.28. The molecule has 2 N–H and O–H groups in total. The van der Waals surface area contributed by atoms with Crippen LogP contribution in [0.5, 0.6) is 0 Å². The van der Waals surface area contributed by atoms with Crippen LogP contribution >= 0.6 is 23.4 Å². The first-order valence-electron chi connectivity index (χ1n) is 6.82. The lowest BCUT2D eigenvalue weighted by Crippen LogP contribution is -2.38. The second-order valence-electron chi connectivity index (χ2n) is 4.96. The highest BCUT2D eigenvalue weighted by Crippen LogP contribution is 2.27. The predicted octanol–water partition coefficient (Wildman–Crippen LogP) is 3.18. The van der Waals surface area contributed by atoms with Gasteiger partial charge < -0.3 is 10.6 Å². The van der Waals surface area contributed by atoms with Crippen LogP contribution in [0.25, 0.3) is 0 Å². The Balaban J connectivity index is 1.98. The SMILES string of the molecule is CNc1ccc(Cl)c(C(=O)NC2CCC(SC)CC2)n1. The number of anilines is 1. The maximum atomic E-state index is 12.3. The number of carbonyl (C=O) groups excluding carboxylic acids is 1. The minimum atomic E-state index is -0.181.